The number of nitrogens with one attached hydrogen (secondary N) is 1. The Morgan fingerprint density at radius 1 is 1.42 bits per heavy atom. The number of nitrogens with zero attached hydrogens (tertiary/aromatic N) is 2. The number of amides is 1. The van der Waals surface area contributed by atoms with Gasteiger partial charge in [-0.2, -0.15) is 0 Å². The Balaban J connectivity index is 2.03. The molecule has 0 saturated carbocycles. The van der Waals surface area contributed by atoms with Crippen LogP contribution in [0.4, 0.5) is 0 Å². The molecule has 0 fully saturated rings. The molecule has 0 aliphatic heterocycles. The van der Waals surface area contributed by atoms with E-state index >= 15 is 0 Å². The summed E-state index contributed by atoms with van der Waals surface area (Å²) in [7, 11) is 5.99. The predicted molar refractivity (Wildman–Crippen MR) is 72.9 cm³/mol. The molecule has 2 heterocycles. The lowest BCUT2D eigenvalue weighted by molar-refractivity contribution is 0.0913. The number of carbonyl (C=O) groups excluding carboxylic acids is 1. The van der Waals surface area contributed by atoms with E-state index < -0.39 is 0 Å². The maximum absolute atomic E-state index is 11.9. The lowest BCUT2D eigenvalue weighted by Crippen LogP contribution is -2.35. The minimum atomic E-state index is -0.189. The van der Waals surface area contributed by atoms with Crippen LogP contribution in [0, 0.1) is 0 Å². The molecule has 1 N–H and O–H groups in total. The van der Waals surface area contributed by atoms with E-state index in [1.807, 2.05) is 33.4 Å². The van der Waals surface area contributed by atoms with Gasteiger partial charge in [0.2, 0.25) is 0 Å². The van der Waals surface area contributed by atoms with Crippen LogP contribution in [0.1, 0.15) is 22.3 Å². The Kier molecular flexibility index (Phi) is 4.06. The first-order chi connectivity index (χ1) is 9.09. The van der Waals surface area contributed by atoms with Gasteiger partial charge in [-0.3, -0.25) is 9.69 Å². The fourth-order valence-electron chi connectivity index (χ4n) is 2.06. The standard InChI is InChI=1S/C14H19N3O2/c1-16(2)12(11-6-4-8-17(11)3)10-15-14(18)13-7-5-9-19-13/h4-9,12H,10H2,1-3H3,(H,15,18). The molecular formula is C14H19N3O2. The summed E-state index contributed by atoms with van der Waals surface area (Å²) in [6, 6.07) is 7.54. The van der Waals surface area contributed by atoms with Gasteiger partial charge in [0.15, 0.2) is 5.76 Å². The second-order valence-electron chi connectivity index (χ2n) is 4.71. The second-order valence-corrected chi connectivity index (χ2v) is 4.71. The quantitative estimate of drug-likeness (QED) is 0.890. The van der Waals surface area contributed by atoms with Gasteiger partial charge < -0.3 is 14.3 Å². The van der Waals surface area contributed by atoms with Gasteiger partial charge >= 0.3 is 0 Å². The predicted octanol–water partition coefficient (Wildman–Crippen LogP) is 1.65. The lowest BCUT2D eigenvalue weighted by atomic mass is 10.2. The van der Waals surface area contributed by atoms with Crippen LogP contribution in [0.2, 0.25) is 0 Å². The number of rotatable bonds is 5. The van der Waals surface area contributed by atoms with Gasteiger partial charge in [-0.1, -0.05) is 0 Å². The number of hydrogen-bond acceptors (Lipinski definition) is 3. The Morgan fingerprint density at radius 2 is 2.21 bits per heavy atom. The topological polar surface area (TPSA) is 50.4 Å². The van der Waals surface area contributed by atoms with Crippen molar-refractivity contribution < 1.29 is 9.21 Å². The molecule has 1 unspecified atom stereocenters. The Bertz CT molecular complexity index is 529. The van der Waals surface area contributed by atoms with Gasteiger partial charge in [0.05, 0.1) is 12.3 Å². The van der Waals surface area contributed by atoms with Gasteiger partial charge in [0.25, 0.3) is 5.91 Å². The van der Waals surface area contributed by atoms with Crippen LogP contribution in [-0.4, -0.2) is 36.0 Å². The van der Waals surface area contributed by atoms with Crippen LogP contribution in [0.5, 0.6) is 0 Å². The van der Waals surface area contributed by atoms with Crippen LogP contribution >= 0.6 is 0 Å². The Hall–Kier alpha value is -2.01. The molecule has 2 aromatic heterocycles. The average Bonchev–Trinajstić information content (AvgIpc) is 3.01. The highest BCUT2D eigenvalue weighted by molar-refractivity contribution is 5.91. The Morgan fingerprint density at radius 3 is 2.74 bits per heavy atom. The molecular weight excluding hydrogens is 242 g/mol. The molecule has 0 aromatic carbocycles. The summed E-state index contributed by atoms with van der Waals surface area (Å²) in [5, 5.41) is 2.89. The van der Waals surface area contributed by atoms with Crippen molar-refractivity contribution in [2.75, 3.05) is 20.6 Å². The molecule has 1 atom stereocenters. The number of furan rings is 1. The van der Waals surface area contributed by atoms with Crippen molar-refractivity contribution in [1.82, 2.24) is 14.8 Å². The number of aromatic nitrogens is 1. The monoisotopic (exact) mass is 261 g/mol. The summed E-state index contributed by atoms with van der Waals surface area (Å²) in [6.07, 6.45) is 3.50. The van der Waals surface area contributed by atoms with Gasteiger partial charge in [-0.25, -0.2) is 0 Å². The molecule has 5 nitrogen and oxygen atoms in total. The summed E-state index contributed by atoms with van der Waals surface area (Å²) >= 11 is 0. The molecule has 0 bridgehead atoms. The molecule has 2 aromatic rings. The van der Waals surface area contributed by atoms with E-state index in [4.69, 9.17) is 4.42 Å². The number of aryl methyl sites for hydroxylation is 1. The highest BCUT2D eigenvalue weighted by Gasteiger charge is 2.18. The van der Waals surface area contributed by atoms with Crippen molar-refractivity contribution in [3.05, 3.63) is 48.2 Å². The molecule has 0 aliphatic rings. The molecule has 102 valence electrons. The highest BCUT2D eigenvalue weighted by Crippen LogP contribution is 2.17. The van der Waals surface area contributed by atoms with Crippen LogP contribution in [0.25, 0.3) is 0 Å². The fourth-order valence-corrected chi connectivity index (χ4v) is 2.06. The highest BCUT2D eigenvalue weighted by atomic mass is 16.3. The largest absolute Gasteiger partial charge is 0.459 e. The zero-order valence-corrected chi connectivity index (χ0v) is 11.5. The molecule has 5 heteroatoms. The molecule has 0 radical (unpaired) electrons. The van der Waals surface area contributed by atoms with E-state index in [9.17, 15) is 4.79 Å². The van der Waals surface area contributed by atoms with Crippen molar-refractivity contribution >= 4 is 5.91 Å². The maximum atomic E-state index is 11.9. The van der Waals surface area contributed by atoms with Crippen molar-refractivity contribution in [2.45, 2.75) is 6.04 Å². The third-order valence-corrected chi connectivity index (χ3v) is 3.15. The first-order valence-electron chi connectivity index (χ1n) is 6.19. The van der Waals surface area contributed by atoms with E-state index in [-0.39, 0.29) is 11.9 Å². The van der Waals surface area contributed by atoms with Crippen molar-refractivity contribution in [2.24, 2.45) is 7.05 Å². The second kappa shape index (κ2) is 5.75. The zero-order valence-electron chi connectivity index (χ0n) is 11.5. The summed E-state index contributed by atoms with van der Waals surface area (Å²) in [5.41, 5.74) is 1.16. The van der Waals surface area contributed by atoms with E-state index in [2.05, 4.69) is 20.9 Å². The lowest BCUT2D eigenvalue weighted by Gasteiger charge is -2.25. The average molecular weight is 261 g/mol. The van der Waals surface area contributed by atoms with E-state index in [1.54, 1.807) is 12.1 Å². The Labute approximate surface area is 112 Å². The van der Waals surface area contributed by atoms with Gasteiger partial charge in [0.1, 0.15) is 0 Å². The van der Waals surface area contributed by atoms with Gasteiger partial charge in [-0.15, -0.1) is 0 Å². The number of carbonyl (C=O) groups is 1. The van der Waals surface area contributed by atoms with Crippen molar-refractivity contribution in [1.29, 1.82) is 0 Å². The molecule has 2 rings (SSSR count). The van der Waals surface area contributed by atoms with Crippen molar-refractivity contribution in [3.8, 4) is 0 Å². The SMILES string of the molecule is CN(C)C(CNC(=O)c1ccco1)c1cccn1C. The van der Waals surface area contributed by atoms with Gasteiger partial charge in [0, 0.05) is 25.5 Å². The molecule has 0 aliphatic carbocycles. The minimum Gasteiger partial charge on any atom is -0.459 e. The van der Waals surface area contributed by atoms with Crippen LogP contribution in [0.15, 0.2) is 41.1 Å². The molecule has 0 saturated heterocycles. The number of likely N-dealkylation sites (N-methyl/N-ethyl adjacent to an activating group) is 1. The third-order valence-electron chi connectivity index (χ3n) is 3.15. The third kappa shape index (κ3) is 3.06. The van der Waals surface area contributed by atoms with Crippen LogP contribution in [-0.2, 0) is 7.05 Å². The summed E-state index contributed by atoms with van der Waals surface area (Å²) in [4.78, 5) is 13.9. The van der Waals surface area contributed by atoms with Crippen LogP contribution < -0.4 is 5.32 Å². The first kappa shape index (κ1) is 13.4. The van der Waals surface area contributed by atoms with E-state index in [0.29, 0.717) is 12.3 Å². The molecule has 1 amide bonds. The van der Waals surface area contributed by atoms with E-state index in [0.717, 1.165) is 5.69 Å². The zero-order chi connectivity index (χ0) is 13.8. The maximum Gasteiger partial charge on any atom is 0.287 e. The molecule has 19 heavy (non-hydrogen) atoms. The first-order valence-corrected chi connectivity index (χ1v) is 6.19. The smallest absolute Gasteiger partial charge is 0.287 e. The van der Waals surface area contributed by atoms with Gasteiger partial charge in [-0.05, 0) is 38.4 Å². The normalized spacial score (nSPS) is 12.6. The van der Waals surface area contributed by atoms with Crippen LogP contribution in [0.3, 0.4) is 0 Å². The minimum absolute atomic E-state index is 0.124. The number of hydrogen-bond donors (Lipinski definition) is 1. The molecule has 0 spiro atoms. The fraction of sp³-hybridized carbons (Fsp3) is 0.357. The van der Waals surface area contributed by atoms with Crippen molar-refractivity contribution in [3.63, 3.8) is 0 Å². The summed E-state index contributed by atoms with van der Waals surface area (Å²) in [5.74, 6) is 0.149. The van der Waals surface area contributed by atoms with E-state index in [1.165, 1.54) is 6.26 Å². The summed E-state index contributed by atoms with van der Waals surface area (Å²) in [6.45, 7) is 0.532. The summed E-state index contributed by atoms with van der Waals surface area (Å²) < 4.78 is 7.13.